The van der Waals surface area contributed by atoms with Crippen molar-refractivity contribution in [3.63, 3.8) is 0 Å². The summed E-state index contributed by atoms with van der Waals surface area (Å²) in [6.45, 7) is 1.09. The molecule has 2 heterocycles. The molecule has 10 heteroatoms. The van der Waals surface area contributed by atoms with Crippen molar-refractivity contribution in [3.05, 3.63) is 69.4 Å². The molecule has 0 saturated carbocycles. The van der Waals surface area contributed by atoms with E-state index in [9.17, 15) is 14.0 Å². The second kappa shape index (κ2) is 10.1. The molecule has 166 valence electrons. The van der Waals surface area contributed by atoms with Crippen LogP contribution in [0.1, 0.15) is 33.6 Å². The van der Waals surface area contributed by atoms with Crippen LogP contribution in [0, 0.1) is 5.82 Å². The first kappa shape index (κ1) is 22.2. The zero-order valence-corrected chi connectivity index (χ0v) is 18.5. The predicted molar refractivity (Wildman–Crippen MR) is 120 cm³/mol. The Labute approximate surface area is 193 Å². The highest BCUT2D eigenvalue weighted by Gasteiger charge is 2.28. The van der Waals surface area contributed by atoms with Crippen LogP contribution in [0.3, 0.4) is 0 Å². The van der Waals surface area contributed by atoms with E-state index in [1.165, 1.54) is 35.6 Å². The third kappa shape index (κ3) is 5.60. The predicted octanol–water partition coefficient (Wildman–Crippen LogP) is 4.37. The largest absolute Gasteiger partial charge is 0.484 e. The van der Waals surface area contributed by atoms with Gasteiger partial charge in [0.1, 0.15) is 16.6 Å². The van der Waals surface area contributed by atoms with Gasteiger partial charge in [0.25, 0.3) is 11.8 Å². The van der Waals surface area contributed by atoms with Crippen LogP contribution >= 0.6 is 22.9 Å². The lowest BCUT2D eigenvalue weighted by Crippen LogP contribution is -2.41. The zero-order valence-electron chi connectivity index (χ0n) is 17.0. The summed E-state index contributed by atoms with van der Waals surface area (Å²) in [5.41, 5.74) is 0.475. The number of nitrogens with zero attached hydrogens (tertiary/aromatic N) is 3. The molecular formula is C22H20ClFN4O3S. The summed E-state index contributed by atoms with van der Waals surface area (Å²) in [6.07, 6.45) is 1.68. The Balaban J connectivity index is 1.33. The number of carbonyl (C=O) groups is 2. The number of carbonyl (C=O) groups excluding carboxylic acids is 2. The molecule has 2 aromatic carbocycles. The molecule has 3 aromatic rings. The average molecular weight is 475 g/mol. The minimum absolute atomic E-state index is 0.00750. The van der Waals surface area contributed by atoms with E-state index < -0.39 is 5.91 Å². The summed E-state index contributed by atoms with van der Waals surface area (Å²) in [4.78, 5) is 26.8. The Bertz CT molecular complexity index is 1090. The van der Waals surface area contributed by atoms with Crippen molar-refractivity contribution in [2.24, 2.45) is 0 Å². The minimum Gasteiger partial charge on any atom is -0.484 e. The standard InChI is InChI=1S/C22H20ClFN4O3S/c23-15-3-9-18(10-4-15)31-13-19(29)28-11-1-2-14(12-28)21-26-27-22(32-21)20(30)25-17-7-5-16(24)6-8-17/h3-10,14H,1-2,11-13H2,(H,25,30)/t14-/m0/s1. The Morgan fingerprint density at radius 3 is 2.66 bits per heavy atom. The normalized spacial score (nSPS) is 15.9. The molecule has 0 spiro atoms. The smallest absolute Gasteiger partial charge is 0.286 e. The van der Waals surface area contributed by atoms with Crippen LogP contribution in [0.2, 0.25) is 5.02 Å². The molecular weight excluding hydrogens is 455 g/mol. The zero-order chi connectivity index (χ0) is 22.5. The molecule has 1 saturated heterocycles. The van der Waals surface area contributed by atoms with Gasteiger partial charge in [-0.25, -0.2) is 4.39 Å². The first-order valence-corrected chi connectivity index (χ1v) is 11.2. The highest BCUT2D eigenvalue weighted by molar-refractivity contribution is 7.13. The lowest BCUT2D eigenvalue weighted by molar-refractivity contribution is -0.134. The van der Waals surface area contributed by atoms with Gasteiger partial charge < -0.3 is 15.0 Å². The molecule has 1 N–H and O–H groups in total. The first-order valence-electron chi connectivity index (χ1n) is 10.0. The van der Waals surface area contributed by atoms with E-state index in [4.69, 9.17) is 16.3 Å². The Morgan fingerprint density at radius 1 is 1.16 bits per heavy atom. The number of halogens is 2. The summed E-state index contributed by atoms with van der Waals surface area (Å²) < 4.78 is 18.6. The number of ether oxygens (including phenoxy) is 1. The molecule has 0 bridgehead atoms. The second-order valence-electron chi connectivity index (χ2n) is 7.33. The van der Waals surface area contributed by atoms with Gasteiger partial charge in [-0.15, -0.1) is 10.2 Å². The van der Waals surface area contributed by atoms with Gasteiger partial charge in [-0.3, -0.25) is 9.59 Å². The summed E-state index contributed by atoms with van der Waals surface area (Å²) >= 11 is 7.06. The lowest BCUT2D eigenvalue weighted by atomic mass is 9.99. The number of amides is 2. The topological polar surface area (TPSA) is 84.4 Å². The number of aromatic nitrogens is 2. The van der Waals surface area contributed by atoms with Gasteiger partial charge >= 0.3 is 0 Å². The van der Waals surface area contributed by atoms with Gasteiger partial charge in [0.15, 0.2) is 6.61 Å². The molecule has 32 heavy (non-hydrogen) atoms. The molecule has 7 nitrogen and oxygen atoms in total. The molecule has 0 unspecified atom stereocenters. The third-order valence-corrected chi connectivity index (χ3v) is 6.37. The molecule has 1 fully saturated rings. The molecule has 4 rings (SSSR count). The van der Waals surface area contributed by atoms with Crippen LogP contribution in [0.5, 0.6) is 5.75 Å². The average Bonchev–Trinajstić information content (AvgIpc) is 3.31. The van der Waals surface area contributed by atoms with Gasteiger partial charge in [0.2, 0.25) is 5.01 Å². The maximum Gasteiger partial charge on any atom is 0.286 e. The molecule has 1 aliphatic heterocycles. The molecule has 1 aromatic heterocycles. The highest BCUT2D eigenvalue weighted by atomic mass is 35.5. The maximum atomic E-state index is 13.0. The number of benzene rings is 2. The van der Waals surface area contributed by atoms with Crippen LogP contribution in [0.15, 0.2) is 48.5 Å². The second-order valence-corrected chi connectivity index (χ2v) is 8.77. The van der Waals surface area contributed by atoms with Crippen molar-refractivity contribution in [1.29, 1.82) is 0 Å². The van der Waals surface area contributed by atoms with Crippen molar-refractivity contribution in [2.45, 2.75) is 18.8 Å². The van der Waals surface area contributed by atoms with Crippen molar-refractivity contribution < 1.29 is 18.7 Å². The summed E-state index contributed by atoms with van der Waals surface area (Å²) in [7, 11) is 0. The SMILES string of the molecule is O=C(Nc1ccc(F)cc1)c1nnc([C@H]2CCCN(C(=O)COc3ccc(Cl)cc3)C2)s1. The number of piperidine rings is 1. The number of hydrogen-bond acceptors (Lipinski definition) is 6. The fraction of sp³-hybridized carbons (Fsp3) is 0.273. The quantitative estimate of drug-likeness (QED) is 0.573. The van der Waals surface area contributed by atoms with Gasteiger partial charge in [-0.05, 0) is 61.4 Å². The van der Waals surface area contributed by atoms with Crippen molar-refractivity contribution >= 4 is 40.4 Å². The van der Waals surface area contributed by atoms with E-state index in [1.807, 2.05) is 0 Å². The molecule has 1 aliphatic rings. The number of likely N-dealkylation sites (tertiary alicyclic amines) is 1. The van der Waals surface area contributed by atoms with Crippen LogP contribution in [-0.2, 0) is 4.79 Å². The monoisotopic (exact) mass is 474 g/mol. The fourth-order valence-electron chi connectivity index (χ4n) is 3.38. The van der Waals surface area contributed by atoms with Gasteiger partial charge in [-0.1, -0.05) is 22.9 Å². The molecule has 1 atom stereocenters. The van der Waals surface area contributed by atoms with E-state index in [1.54, 1.807) is 29.2 Å². The van der Waals surface area contributed by atoms with E-state index in [0.717, 1.165) is 12.8 Å². The number of anilines is 1. The third-order valence-electron chi connectivity index (χ3n) is 5.04. The first-order chi connectivity index (χ1) is 15.5. The van der Waals surface area contributed by atoms with Crippen LogP contribution in [0.25, 0.3) is 0 Å². The minimum atomic E-state index is -0.402. The van der Waals surface area contributed by atoms with E-state index >= 15 is 0 Å². The van der Waals surface area contributed by atoms with Crippen LogP contribution < -0.4 is 10.1 Å². The summed E-state index contributed by atoms with van der Waals surface area (Å²) in [6, 6.07) is 12.3. The van der Waals surface area contributed by atoms with E-state index in [-0.39, 0.29) is 29.3 Å². The van der Waals surface area contributed by atoms with Crippen molar-refractivity contribution in [3.8, 4) is 5.75 Å². The summed E-state index contributed by atoms with van der Waals surface area (Å²) in [5.74, 6) is -0.301. The number of rotatable bonds is 6. The summed E-state index contributed by atoms with van der Waals surface area (Å²) in [5, 5.41) is 12.4. The Kier molecular flexibility index (Phi) is 6.96. The number of hydrogen-bond donors (Lipinski definition) is 1. The van der Waals surface area contributed by atoms with Gasteiger partial charge in [0, 0.05) is 29.7 Å². The number of nitrogens with one attached hydrogen (secondary N) is 1. The Morgan fingerprint density at radius 2 is 1.91 bits per heavy atom. The van der Waals surface area contributed by atoms with Crippen molar-refractivity contribution in [2.75, 3.05) is 25.0 Å². The lowest BCUT2D eigenvalue weighted by Gasteiger charge is -2.31. The van der Waals surface area contributed by atoms with E-state index in [2.05, 4.69) is 15.5 Å². The fourth-order valence-corrected chi connectivity index (χ4v) is 4.37. The highest BCUT2D eigenvalue weighted by Crippen LogP contribution is 2.29. The van der Waals surface area contributed by atoms with Crippen LogP contribution in [-0.4, -0.2) is 46.6 Å². The molecule has 0 radical (unpaired) electrons. The maximum absolute atomic E-state index is 13.0. The van der Waals surface area contributed by atoms with Crippen LogP contribution in [0.4, 0.5) is 10.1 Å². The van der Waals surface area contributed by atoms with Gasteiger partial charge in [0.05, 0.1) is 0 Å². The van der Waals surface area contributed by atoms with Gasteiger partial charge in [-0.2, -0.15) is 0 Å². The Hall–Kier alpha value is -3.04. The molecule has 0 aliphatic carbocycles. The molecule has 2 amide bonds. The van der Waals surface area contributed by atoms with E-state index in [0.29, 0.717) is 34.6 Å². The van der Waals surface area contributed by atoms with Crippen molar-refractivity contribution in [1.82, 2.24) is 15.1 Å².